The zero-order chi connectivity index (χ0) is 20.1. The summed E-state index contributed by atoms with van der Waals surface area (Å²) in [5, 5.41) is 7.15. The SMILES string of the molecule is Cc1onc(-c2ccccc2)c1C(=O)NCc1ccccc1CN1CCOCC1. The molecular formula is C23H25N3O3. The molecule has 2 heterocycles. The number of morpholine rings is 1. The Balaban J connectivity index is 1.48. The molecular weight excluding hydrogens is 366 g/mol. The first kappa shape index (κ1) is 19.4. The van der Waals surface area contributed by atoms with Crippen molar-refractivity contribution in [1.29, 1.82) is 0 Å². The lowest BCUT2D eigenvalue weighted by atomic mass is 10.0. The summed E-state index contributed by atoms with van der Waals surface area (Å²) in [5.41, 5.74) is 4.26. The predicted octanol–water partition coefficient (Wildman–Crippen LogP) is 3.41. The number of nitrogens with zero attached hydrogens (tertiary/aromatic N) is 2. The van der Waals surface area contributed by atoms with Crippen molar-refractivity contribution in [3.63, 3.8) is 0 Å². The zero-order valence-electron chi connectivity index (χ0n) is 16.6. The van der Waals surface area contributed by atoms with Crippen LogP contribution in [0.1, 0.15) is 27.2 Å². The van der Waals surface area contributed by atoms with Gasteiger partial charge in [0, 0.05) is 31.7 Å². The van der Waals surface area contributed by atoms with Crippen molar-refractivity contribution < 1.29 is 14.1 Å². The second kappa shape index (κ2) is 9.03. The fraction of sp³-hybridized carbons (Fsp3) is 0.304. The number of ether oxygens (including phenoxy) is 1. The van der Waals surface area contributed by atoms with E-state index in [0.29, 0.717) is 23.6 Å². The minimum absolute atomic E-state index is 0.177. The van der Waals surface area contributed by atoms with Crippen LogP contribution in [0.5, 0.6) is 0 Å². The lowest BCUT2D eigenvalue weighted by Crippen LogP contribution is -2.36. The molecule has 1 N–H and O–H groups in total. The molecule has 1 saturated heterocycles. The van der Waals surface area contributed by atoms with E-state index in [1.54, 1.807) is 6.92 Å². The minimum Gasteiger partial charge on any atom is -0.379 e. The van der Waals surface area contributed by atoms with Gasteiger partial charge in [-0.3, -0.25) is 9.69 Å². The number of amides is 1. The number of aromatic nitrogens is 1. The summed E-state index contributed by atoms with van der Waals surface area (Å²) < 4.78 is 10.8. The summed E-state index contributed by atoms with van der Waals surface area (Å²) in [6.45, 7) is 6.49. The van der Waals surface area contributed by atoms with Gasteiger partial charge in [-0.05, 0) is 18.1 Å². The highest BCUT2D eigenvalue weighted by Crippen LogP contribution is 2.25. The molecule has 1 aliphatic heterocycles. The Morgan fingerprint density at radius 3 is 2.48 bits per heavy atom. The van der Waals surface area contributed by atoms with Crippen LogP contribution in [0, 0.1) is 6.92 Å². The Labute approximate surface area is 170 Å². The molecule has 29 heavy (non-hydrogen) atoms. The average Bonchev–Trinajstić information content (AvgIpc) is 3.16. The number of hydrogen-bond acceptors (Lipinski definition) is 5. The minimum atomic E-state index is -0.177. The molecule has 6 nitrogen and oxygen atoms in total. The average molecular weight is 391 g/mol. The van der Waals surface area contributed by atoms with Crippen molar-refractivity contribution in [3.05, 3.63) is 77.0 Å². The Kier molecular flexibility index (Phi) is 6.03. The summed E-state index contributed by atoms with van der Waals surface area (Å²) in [4.78, 5) is 15.3. The number of aryl methyl sites for hydroxylation is 1. The van der Waals surface area contributed by atoms with Gasteiger partial charge in [-0.15, -0.1) is 0 Å². The molecule has 150 valence electrons. The van der Waals surface area contributed by atoms with Crippen LogP contribution in [-0.4, -0.2) is 42.3 Å². The van der Waals surface area contributed by atoms with E-state index < -0.39 is 0 Å². The van der Waals surface area contributed by atoms with Crippen LogP contribution < -0.4 is 5.32 Å². The second-order valence-electron chi connectivity index (χ2n) is 7.17. The number of nitrogens with one attached hydrogen (secondary N) is 1. The highest BCUT2D eigenvalue weighted by atomic mass is 16.5. The van der Waals surface area contributed by atoms with Crippen LogP contribution in [0.2, 0.25) is 0 Å². The summed E-state index contributed by atoms with van der Waals surface area (Å²) in [6.07, 6.45) is 0. The van der Waals surface area contributed by atoms with Crippen molar-refractivity contribution in [3.8, 4) is 11.3 Å². The first-order valence-corrected chi connectivity index (χ1v) is 9.89. The first-order chi connectivity index (χ1) is 14.2. The standard InChI is InChI=1S/C23H25N3O3/c1-17-21(22(25-29-17)18-7-3-2-4-8-18)23(27)24-15-19-9-5-6-10-20(19)16-26-11-13-28-14-12-26/h2-10H,11-16H2,1H3,(H,24,27). The molecule has 0 saturated carbocycles. The van der Waals surface area contributed by atoms with E-state index in [0.717, 1.165) is 44.0 Å². The molecule has 0 atom stereocenters. The molecule has 1 aliphatic rings. The van der Waals surface area contributed by atoms with E-state index in [2.05, 4.69) is 27.5 Å². The maximum Gasteiger partial charge on any atom is 0.257 e. The van der Waals surface area contributed by atoms with E-state index >= 15 is 0 Å². The molecule has 0 radical (unpaired) electrons. The van der Waals surface area contributed by atoms with Gasteiger partial charge >= 0.3 is 0 Å². The summed E-state index contributed by atoms with van der Waals surface area (Å²) in [5.74, 6) is 0.340. The summed E-state index contributed by atoms with van der Waals surface area (Å²) >= 11 is 0. The van der Waals surface area contributed by atoms with Gasteiger partial charge in [0.2, 0.25) is 0 Å². The van der Waals surface area contributed by atoms with Crippen molar-refractivity contribution in [2.24, 2.45) is 0 Å². The van der Waals surface area contributed by atoms with Crippen LogP contribution in [-0.2, 0) is 17.8 Å². The maximum atomic E-state index is 13.0. The molecule has 0 aliphatic carbocycles. The van der Waals surface area contributed by atoms with E-state index in [1.807, 2.05) is 42.5 Å². The van der Waals surface area contributed by atoms with Gasteiger partial charge in [0.25, 0.3) is 5.91 Å². The number of rotatable bonds is 6. The third-order valence-corrected chi connectivity index (χ3v) is 5.19. The highest BCUT2D eigenvalue weighted by molar-refractivity contribution is 6.00. The van der Waals surface area contributed by atoms with Gasteiger partial charge < -0.3 is 14.6 Å². The van der Waals surface area contributed by atoms with Gasteiger partial charge in [-0.25, -0.2) is 0 Å². The molecule has 2 aromatic carbocycles. The van der Waals surface area contributed by atoms with E-state index in [4.69, 9.17) is 9.26 Å². The van der Waals surface area contributed by atoms with Gasteiger partial charge in [-0.2, -0.15) is 0 Å². The third kappa shape index (κ3) is 4.55. The number of carbonyl (C=O) groups excluding carboxylic acids is 1. The first-order valence-electron chi connectivity index (χ1n) is 9.89. The quantitative estimate of drug-likeness (QED) is 0.697. The molecule has 4 rings (SSSR count). The second-order valence-corrected chi connectivity index (χ2v) is 7.17. The molecule has 3 aromatic rings. The van der Waals surface area contributed by atoms with Gasteiger partial charge in [-0.1, -0.05) is 59.8 Å². The Morgan fingerprint density at radius 1 is 1.03 bits per heavy atom. The van der Waals surface area contributed by atoms with Crippen LogP contribution in [0.15, 0.2) is 59.1 Å². The van der Waals surface area contributed by atoms with Gasteiger partial charge in [0.05, 0.1) is 13.2 Å². The van der Waals surface area contributed by atoms with Crippen molar-refractivity contribution in [2.75, 3.05) is 26.3 Å². The number of hydrogen-bond donors (Lipinski definition) is 1. The van der Waals surface area contributed by atoms with E-state index in [-0.39, 0.29) is 5.91 Å². The van der Waals surface area contributed by atoms with Crippen LogP contribution in [0.4, 0.5) is 0 Å². The third-order valence-electron chi connectivity index (χ3n) is 5.19. The Hall–Kier alpha value is -2.96. The zero-order valence-corrected chi connectivity index (χ0v) is 16.6. The monoisotopic (exact) mass is 391 g/mol. The molecule has 0 unspecified atom stereocenters. The molecule has 6 heteroatoms. The van der Waals surface area contributed by atoms with Crippen LogP contribution >= 0.6 is 0 Å². The van der Waals surface area contributed by atoms with Gasteiger partial charge in [0.15, 0.2) is 0 Å². The predicted molar refractivity (Wildman–Crippen MR) is 110 cm³/mol. The highest BCUT2D eigenvalue weighted by Gasteiger charge is 2.21. The normalized spacial score (nSPS) is 14.7. The molecule has 1 fully saturated rings. The van der Waals surface area contributed by atoms with E-state index in [9.17, 15) is 4.79 Å². The summed E-state index contributed by atoms with van der Waals surface area (Å²) in [7, 11) is 0. The number of carbonyl (C=O) groups is 1. The van der Waals surface area contributed by atoms with Crippen LogP contribution in [0.25, 0.3) is 11.3 Å². The van der Waals surface area contributed by atoms with Crippen LogP contribution in [0.3, 0.4) is 0 Å². The molecule has 0 spiro atoms. The maximum absolute atomic E-state index is 13.0. The molecule has 1 amide bonds. The fourth-order valence-corrected chi connectivity index (χ4v) is 3.58. The molecule has 1 aromatic heterocycles. The Bertz CT molecular complexity index is 963. The van der Waals surface area contributed by atoms with Gasteiger partial charge in [0.1, 0.15) is 17.0 Å². The fourth-order valence-electron chi connectivity index (χ4n) is 3.58. The summed E-state index contributed by atoms with van der Waals surface area (Å²) in [6, 6.07) is 17.8. The lowest BCUT2D eigenvalue weighted by Gasteiger charge is -2.27. The smallest absolute Gasteiger partial charge is 0.257 e. The number of benzene rings is 2. The van der Waals surface area contributed by atoms with Crippen molar-refractivity contribution in [1.82, 2.24) is 15.4 Å². The van der Waals surface area contributed by atoms with Crippen molar-refractivity contribution in [2.45, 2.75) is 20.0 Å². The molecule has 0 bridgehead atoms. The Morgan fingerprint density at radius 2 is 1.72 bits per heavy atom. The van der Waals surface area contributed by atoms with Crippen molar-refractivity contribution >= 4 is 5.91 Å². The lowest BCUT2D eigenvalue weighted by molar-refractivity contribution is 0.0340. The van der Waals surface area contributed by atoms with E-state index in [1.165, 1.54) is 5.56 Å². The largest absolute Gasteiger partial charge is 0.379 e. The topological polar surface area (TPSA) is 67.6 Å².